The van der Waals surface area contributed by atoms with Crippen LogP contribution in [0.5, 0.6) is 0 Å². The molecule has 0 saturated heterocycles. The molecular weight excluding hydrogens is 325 g/mol. The fourth-order valence-corrected chi connectivity index (χ4v) is 3.22. The summed E-state index contributed by atoms with van der Waals surface area (Å²) in [5.74, 6) is -0.680. The van der Waals surface area contributed by atoms with Gasteiger partial charge in [-0.25, -0.2) is 4.39 Å². The molecule has 1 aromatic heterocycles. The summed E-state index contributed by atoms with van der Waals surface area (Å²) in [6.07, 6.45) is 0. The van der Waals surface area contributed by atoms with E-state index in [1.54, 1.807) is 42.5 Å². The van der Waals surface area contributed by atoms with E-state index in [-0.39, 0.29) is 17.5 Å². The number of ketones is 1. The van der Waals surface area contributed by atoms with E-state index in [0.29, 0.717) is 16.1 Å². The average Bonchev–Trinajstić information content (AvgIpc) is 3.06. The lowest BCUT2D eigenvalue weighted by Gasteiger charge is -2.07. The van der Waals surface area contributed by atoms with Crippen LogP contribution >= 0.6 is 11.3 Å². The number of benzene rings is 2. The number of amides is 1. The largest absolute Gasteiger partial charge is 0.321 e. The number of thiophene rings is 1. The van der Waals surface area contributed by atoms with Crippen molar-refractivity contribution in [3.63, 3.8) is 0 Å². The highest BCUT2D eigenvalue weighted by Crippen LogP contribution is 2.29. The predicted octanol–water partition coefficient (Wildman–Crippen LogP) is 5.01. The van der Waals surface area contributed by atoms with Gasteiger partial charge in [0.05, 0.1) is 10.6 Å². The second-order valence-electron chi connectivity index (χ2n) is 5.23. The summed E-state index contributed by atoms with van der Waals surface area (Å²) in [6, 6.07) is 16.6. The number of halogens is 1. The van der Waals surface area contributed by atoms with Crippen molar-refractivity contribution in [1.29, 1.82) is 0 Å². The Morgan fingerprint density at radius 1 is 0.958 bits per heavy atom. The summed E-state index contributed by atoms with van der Waals surface area (Å²) >= 11 is 1.31. The zero-order valence-corrected chi connectivity index (χ0v) is 13.7. The minimum atomic E-state index is -0.297. The van der Waals surface area contributed by atoms with Gasteiger partial charge < -0.3 is 5.32 Å². The first-order valence-electron chi connectivity index (χ1n) is 7.31. The quantitative estimate of drug-likeness (QED) is 0.679. The highest BCUT2D eigenvalue weighted by molar-refractivity contribution is 7.17. The lowest BCUT2D eigenvalue weighted by Crippen LogP contribution is -2.12. The molecule has 0 saturated carbocycles. The summed E-state index contributed by atoms with van der Waals surface area (Å²) in [6.45, 7) is 1.46. The maximum atomic E-state index is 13.0. The minimum Gasteiger partial charge on any atom is -0.321 e. The molecule has 3 nitrogen and oxygen atoms in total. The zero-order valence-electron chi connectivity index (χ0n) is 12.9. The number of carbonyl (C=O) groups is 2. The number of carbonyl (C=O) groups excluding carboxylic acids is 2. The summed E-state index contributed by atoms with van der Waals surface area (Å²) in [4.78, 5) is 25.4. The molecule has 5 heteroatoms. The predicted molar refractivity (Wildman–Crippen MR) is 94.1 cm³/mol. The lowest BCUT2D eigenvalue weighted by atomic mass is 10.1. The van der Waals surface area contributed by atoms with Gasteiger partial charge >= 0.3 is 0 Å². The van der Waals surface area contributed by atoms with Crippen LogP contribution in [0.2, 0.25) is 0 Å². The summed E-state index contributed by atoms with van der Waals surface area (Å²) in [5, 5.41) is 2.77. The van der Waals surface area contributed by atoms with Crippen LogP contribution in [-0.4, -0.2) is 11.7 Å². The maximum absolute atomic E-state index is 13.0. The van der Waals surface area contributed by atoms with Crippen LogP contribution in [0.3, 0.4) is 0 Å². The molecule has 2 aromatic carbocycles. The average molecular weight is 339 g/mol. The fourth-order valence-electron chi connectivity index (χ4n) is 2.31. The van der Waals surface area contributed by atoms with Crippen molar-refractivity contribution in [3.8, 4) is 10.4 Å². The standard InChI is InChI=1S/C19H14FNO2S/c1-12(22)15-4-2-3-5-16(15)21-19(23)18-11-10-17(24-18)13-6-8-14(20)9-7-13/h2-11H,1H3,(H,21,23). The molecular formula is C19H14FNO2S. The molecule has 0 radical (unpaired) electrons. The molecule has 0 fully saturated rings. The van der Waals surface area contributed by atoms with Crippen molar-refractivity contribution in [1.82, 2.24) is 0 Å². The van der Waals surface area contributed by atoms with Gasteiger partial charge in [0.1, 0.15) is 5.82 Å². The Bertz CT molecular complexity index is 900. The van der Waals surface area contributed by atoms with E-state index in [2.05, 4.69) is 5.32 Å². The number of hydrogen-bond acceptors (Lipinski definition) is 3. The summed E-state index contributed by atoms with van der Waals surface area (Å²) < 4.78 is 13.0. The van der Waals surface area contributed by atoms with E-state index in [1.807, 2.05) is 6.07 Å². The van der Waals surface area contributed by atoms with E-state index >= 15 is 0 Å². The molecule has 24 heavy (non-hydrogen) atoms. The van der Waals surface area contributed by atoms with Crippen molar-refractivity contribution >= 4 is 28.7 Å². The van der Waals surface area contributed by atoms with Crippen LogP contribution in [0.4, 0.5) is 10.1 Å². The Morgan fingerprint density at radius 2 is 1.67 bits per heavy atom. The van der Waals surface area contributed by atoms with Gasteiger partial charge in [0.15, 0.2) is 5.78 Å². The molecule has 1 amide bonds. The summed E-state index contributed by atoms with van der Waals surface area (Å²) in [7, 11) is 0. The number of rotatable bonds is 4. The minimum absolute atomic E-state index is 0.107. The molecule has 0 spiro atoms. The van der Waals surface area contributed by atoms with Crippen LogP contribution in [0.25, 0.3) is 10.4 Å². The van der Waals surface area contributed by atoms with E-state index < -0.39 is 0 Å². The van der Waals surface area contributed by atoms with E-state index in [9.17, 15) is 14.0 Å². The zero-order chi connectivity index (χ0) is 17.1. The first-order valence-corrected chi connectivity index (χ1v) is 8.13. The summed E-state index contributed by atoms with van der Waals surface area (Å²) in [5.41, 5.74) is 1.82. The number of nitrogens with one attached hydrogen (secondary N) is 1. The second-order valence-corrected chi connectivity index (χ2v) is 6.31. The van der Waals surface area contributed by atoms with Crippen LogP contribution in [0, 0.1) is 5.82 Å². The number of hydrogen-bond donors (Lipinski definition) is 1. The Kier molecular flexibility index (Phi) is 4.53. The van der Waals surface area contributed by atoms with E-state index in [0.717, 1.165) is 10.4 Å². The number of Topliss-reactive ketones (excluding diaryl/α,β-unsaturated/α-hetero) is 1. The van der Waals surface area contributed by atoms with Crippen molar-refractivity contribution in [3.05, 3.63) is 76.9 Å². The Balaban J connectivity index is 1.82. The van der Waals surface area contributed by atoms with Crippen LogP contribution < -0.4 is 5.32 Å². The molecule has 3 rings (SSSR count). The molecule has 0 bridgehead atoms. The van der Waals surface area contributed by atoms with Crippen LogP contribution in [0.15, 0.2) is 60.7 Å². The van der Waals surface area contributed by atoms with Crippen molar-refractivity contribution in [2.75, 3.05) is 5.32 Å². The maximum Gasteiger partial charge on any atom is 0.265 e. The molecule has 0 aliphatic rings. The highest BCUT2D eigenvalue weighted by atomic mass is 32.1. The van der Waals surface area contributed by atoms with Crippen molar-refractivity contribution in [2.24, 2.45) is 0 Å². The third-order valence-electron chi connectivity index (χ3n) is 3.51. The number of anilines is 1. The van der Waals surface area contributed by atoms with Gasteiger partial charge in [-0.1, -0.05) is 24.3 Å². The molecule has 0 aliphatic carbocycles. The fraction of sp³-hybridized carbons (Fsp3) is 0.0526. The van der Waals surface area contributed by atoms with E-state index in [1.165, 1.54) is 30.4 Å². The number of para-hydroxylation sites is 1. The second kappa shape index (κ2) is 6.76. The monoisotopic (exact) mass is 339 g/mol. The van der Waals surface area contributed by atoms with Gasteiger partial charge in [0, 0.05) is 10.4 Å². The molecule has 120 valence electrons. The van der Waals surface area contributed by atoms with Gasteiger partial charge in [0.2, 0.25) is 0 Å². The molecule has 1 N–H and O–H groups in total. The lowest BCUT2D eigenvalue weighted by molar-refractivity contribution is 0.101. The molecule has 0 aliphatic heterocycles. The first-order chi connectivity index (χ1) is 11.5. The third-order valence-corrected chi connectivity index (χ3v) is 4.65. The van der Waals surface area contributed by atoms with Gasteiger partial charge in [-0.3, -0.25) is 9.59 Å². The Morgan fingerprint density at radius 3 is 2.38 bits per heavy atom. The molecule has 1 heterocycles. The molecule has 0 unspecified atom stereocenters. The van der Waals surface area contributed by atoms with Crippen molar-refractivity contribution < 1.29 is 14.0 Å². The van der Waals surface area contributed by atoms with Gasteiger partial charge in [-0.2, -0.15) is 0 Å². The normalized spacial score (nSPS) is 10.4. The Hall–Kier alpha value is -2.79. The SMILES string of the molecule is CC(=O)c1ccccc1NC(=O)c1ccc(-c2ccc(F)cc2)s1. The highest BCUT2D eigenvalue weighted by Gasteiger charge is 2.13. The van der Waals surface area contributed by atoms with Crippen LogP contribution in [-0.2, 0) is 0 Å². The third kappa shape index (κ3) is 3.41. The van der Waals surface area contributed by atoms with Gasteiger partial charge in [0.25, 0.3) is 5.91 Å². The molecule has 0 atom stereocenters. The smallest absolute Gasteiger partial charge is 0.265 e. The molecule has 3 aromatic rings. The van der Waals surface area contributed by atoms with E-state index in [4.69, 9.17) is 0 Å². The van der Waals surface area contributed by atoms with Crippen molar-refractivity contribution in [2.45, 2.75) is 6.92 Å². The Labute approximate surface area is 142 Å². The van der Waals surface area contributed by atoms with Crippen LogP contribution in [0.1, 0.15) is 27.0 Å². The topological polar surface area (TPSA) is 46.2 Å². The van der Waals surface area contributed by atoms with Gasteiger partial charge in [-0.15, -0.1) is 11.3 Å². The first kappa shape index (κ1) is 16.1. The van der Waals surface area contributed by atoms with Gasteiger partial charge in [-0.05, 0) is 48.9 Å².